The molecule has 2 aromatic rings. The van der Waals surface area contributed by atoms with Crippen LogP contribution in [-0.2, 0) is 6.42 Å². The van der Waals surface area contributed by atoms with Gasteiger partial charge in [0.25, 0.3) is 0 Å². The Balaban J connectivity index is 1.91. The van der Waals surface area contributed by atoms with Crippen LogP contribution < -0.4 is 10.2 Å². The van der Waals surface area contributed by atoms with E-state index in [0.717, 1.165) is 35.3 Å². The highest BCUT2D eigenvalue weighted by molar-refractivity contribution is 7.80. The maximum Gasteiger partial charge on any atom is 0.178 e. The Kier molecular flexibility index (Phi) is 4.12. The molecule has 0 spiro atoms. The molecule has 22 heavy (non-hydrogen) atoms. The van der Waals surface area contributed by atoms with Crippen LogP contribution in [0.1, 0.15) is 24.5 Å². The zero-order valence-corrected chi connectivity index (χ0v) is 13.6. The van der Waals surface area contributed by atoms with Gasteiger partial charge >= 0.3 is 0 Å². The predicted octanol–water partition coefficient (Wildman–Crippen LogP) is 4.67. The third kappa shape index (κ3) is 2.83. The number of benzene rings is 2. The number of hydrogen-bond donors (Lipinski definition) is 1. The summed E-state index contributed by atoms with van der Waals surface area (Å²) in [5.74, 6) is -0.189. The molecular weight excluding hydrogens is 295 g/mol. The van der Waals surface area contributed by atoms with Crippen molar-refractivity contribution >= 4 is 28.7 Å². The van der Waals surface area contributed by atoms with E-state index in [2.05, 4.69) is 17.1 Å². The first-order chi connectivity index (χ1) is 10.6. The normalized spacial score (nSPS) is 17.0. The van der Waals surface area contributed by atoms with E-state index in [0.29, 0.717) is 11.2 Å². The van der Waals surface area contributed by atoms with Gasteiger partial charge in [-0.05, 0) is 74.3 Å². The number of halogens is 1. The van der Waals surface area contributed by atoms with Crippen LogP contribution >= 0.6 is 12.2 Å². The Morgan fingerprint density at radius 2 is 2.05 bits per heavy atom. The highest BCUT2D eigenvalue weighted by Gasteiger charge is 2.26. The van der Waals surface area contributed by atoms with Crippen molar-refractivity contribution in [3.05, 3.63) is 59.4 Å². The SMILES string of the molecule is Cc1ccccc1NC(=S)N1c2ccc(F)cc2CCC1C. The number of anilines is 2. The van der Waals surface area contributed by atoms with Gasteiger partial charge in [0.05, 0.1) is 0 Å². The molecule has 2 nitrogen and oxygen atoms in total. The Bertz CT molecular complexity index is 714. The standard InChI is InChI=1S/C18H19FN2S/c1-12-5-3-4-6-16(12)20-18(22)21-13(2)7-8-14-11-15(19)9-10-17(14)21/h3-6,9-11,13H,7-8H2,1-2H3,(H,20,22). The van der Waals surface area contributed by atoms with E-state index in [1.54, 1.807) is 6.07 Å². The fourth-order valence-corrected chi connectivity index (χ4v) is 3.31. The van der Waals surface area contributed by atoms with E-state index < -0.39 is 0 Å². The summed E-state index contributed by atoms with van der Waals surface area (Å²) >= 11 is 5.62. The van der Waals surface area contributed by atoms with E-state index in [-0.39, 0.29) is 5.82 Å². The molecule has 3 rings (SSSR count). The number of nitrogens with one attached hydrogen (secondary N) is 1. The van der Waals surface area contributed by atoms with Crippen molar-refractivity contribution in [3.8, 4) is 0 Å². The number of rotatable bonds is 1. The average Bonchev–Trinajstić information content (AvgIpc) is 2.49. The number of hydrogen-bond acceptors (Lipinski definition) is 1. The van der Waals surface area contributed by atoms with Gasteiger partial charge < -0.3 is 10.2 Å². The lowest BCUT2D eigenvalue weighted by molar-refractivity contribution is 0.604. The topological polar surface area (TPSA) is 15.3 Å². The summed E-state index contributed by atoms with van der Waals surface area (Å²) in [7, 11) is 0. The molecule has 0 saturated heterocycles. The van der Waals surface area contributed by atoms with Crippen LogP contribution in [0.3, 0.4) is 0 Å². The van der Waals surface area contributed by atoms with Crippen LogP contribution in [0.4, 0.5) is 15.8 Å². The molecule has 4 heteroatoms. The smallest absolute Gasteiger partial charge is 0.178 e. The van der Waals surface area contributed by atoms with Gasteiger partial charge in [-0.15, -0.1) is 0 Å². The predicted molar refractivity (Wildman–Crippen MR) is 94.1 cm³/mol. The molecule has 1 unspecified atom stereocenters. The van der Waals surface area contributed by atoms with Crippen LogP contribution in [0.15, 0.2) is 42.5 Å². The van der Waals surface area contributed by atoms with Gasteiger partial charge in [0, 0.05) is 17.4 Å². The summed E-state index contributed by atoms with van der Waals surface area (Å²) in [5, 5.41) is 3.99. The molecular formula is C18H19FN2S. The van der Waals surface area contributed by atoms with Crippen LogP contribution in [0.5, 0.6) is 0 Å². The zero-order chi connectivity index (χ0) is 15.7. The van der Waals surface area contributed by atoms with Gasteiger partial charge in [-0.2, -0.15) is 0 Å². The van der Waals surface area contributed by atoms with Gasteiger partial charge in [-0.1, -0.05) is 18.2 Å². The van der Waals surface area contributed by atoms with E-state index in [9.17, 15) is 4.39 Å². The van der Waals surface area contributed by atoms with Gasteiger partial charge in [-0.3, -0.25) is 0 Å². The molecule has 0 bridgehead atoms. The molecule has 0 radical (unpaired) electrons. The Morgan fingerprint density at radius 1 is 1.27 bits per heavy atom. The highest BCUT2D eigenvalue weighted by atomic mass is 32.1. The first-order valence-electron chi connectivity index (χ1n) is 7.50. The fourth-order valence-electron chi connectivity index (χ4n) is 2.92. The minimum atomic E-state index is -0.189. The van der Waals surface area contributed by atoms with Crippen molar-refractivity contribution in [3.63, 3.8) is 0 Å². The average molecular weight is 314 g/mol. The number of aryl methyl sites for hydroxylation is 2. The van der Waals surface area contributed by atoms with Gasteiger partial charge in [-0.25, -0.2) is 4.39 Å². The van der Waals surface area contributed by atoms with Crippen molar-refractivity contribution in [1.82, 2.24) is 0 Å². The Labute approximate surface area is 136 Å². The number of thiocarbonyl (C=S) groups is 1. The second kappa shape index (κ2) is 6.05. The van der Waals surface area contributed by atoms with Gasteiger partial charge in [0.2, 0.25) is 0 Å². The highest BCUT2D eigenvalue weighted by Crippen LogP contribution is 2.32. The minimum absolute atomic E-state index is 0.189. The number of nitrogens with zero attached hydrogens (tertiary/aromatic N) is 1. The van der Waals surface area contributed by atoms with E-state index in [4.69, 9.17) is 12.2 Å². The molecule has 0 amide bonds. The van der Waals surface area contributed by atoms with E-state index in [1.807, 2.05) is 37.3 Å². The molecule has 0 fully saturated rings. The van der Waals surface area contributed by atoms with Crippen LogP contribution in [-0.4, -0.2) is 11.2 Å². The summed E-state index contributed by atoms with van der Waals surface area (Å²) in [6.07, 6.45) is 1.85. The van der Waals surface area contributed by atoms with Crippen LogP contribution in [0, 0.1) is 12.7 Å². The van der Waals surface area contributed by atoms with Crippen LogP contribution in [0.25, 0.3) is 0 Å². The summed E-state index contributed by atoms with van der Waals surface area (Å²) in [4.78, 5) is 2.10. The lowest BCUT2D eigenvalue weighted by Crippen LogP contribution is -2.44. The lowest BCUT2D eigenvalue weighted by Gasteiger charge is -2.37. The summed E-state index contributed by atoms with van der Waals surface area (Å²) in [6.45, 7) is 4.20. The Morgan fingerprint density at radius 3 is 2.82 bits per heavy atom. The molecule has 1 aliphatic rings. The number of fused-ring (bicyclic) bond motifs is 1. The molecule has 1 aliphatic heterocycles. The number of para-hydroxylation sites is 1. The van der Waals surface area contributed by atoms with Gasteiger partial charge in [0.15, 0.2) is 5.11 Å². The molecule has 1 heterocycles. The third-order valence-corrected chi connectivity index (χ3v) is 4.48. The molecule has 1 N–H and O–H groups in total. The van der Waals surface area contributed by atoms with E-state index in [1.165, 1.54) is 6.07 Å². The molecule has 114 valence electrons. The zero-order valence-electron chi connectivity index (χ0n) is 12.8. The maximum atomic E-state index is 13.5. The van der Waals surface area contributed by atoms with Crippen LogP contribution in [0.2, 0.25) is 0 Å². The largest absolute Gasteiger partial charge is 0.332 e. The van der Waals surface area contributed by atoms with Crippen molar-refractivity contribution < 1.29 is 4.39 Å². The summed E-state index contributed by atoms with van der Waals surface area (Å²) < 4.78 is 13.5. The van der Waals surface area contributed by atoms with E-state index >= 15 is 0 Å². The molecule has 0 aromatic heterocycles. The molecule has 0 saturated carbocycles. The first-order valence-corrected chi connectivity index (χ1v) is 7.91. The van der Waals surface area contributed by atoms with Gasteiger partial charge in [0.1, 0.15) is 5.82 Å². The summed E-state index contributed by atoms with van der Waals surface area (Å²) in [5.41, 5.74) is 4.18. The van der Waals surface area contributed by atoms with Crippen molar-refractivity contribution in [2.45, 2.75) is 32.7 Å². The summed E-state index contributed by atoms with van der Waals surface area (Å²) in [6, 6.07) is 13.3. The maximum absolute atomic E-state index is 13.5. The minimum Gasteiger partial charge on any atom is -0.332 e. The Hall–Kier alpha value is -1.94. The second-order valence-electron chi connectivity index (χ2n) is 5.78. The van der Waals surface area contributed by atoms with Crippen molar-refractivity contribution in [1.29, 1.82) is 0 Å². The monoisotopic (exact) mass is 314 g/mol. The lowest BCUT2D eigenvalue weighted by atomic mass is 9.97. The quantitative estimate of drug-likeness (QED) is 0.770. The van der Waals surface area contributed by atoms with Crippen molar-refractivity contribution in [2.75, 3.05) is 10.2 Å². The van der Waals surface area contributed by atoms with Crippen molar-refractivity contribution in [2.24, 2.45) is 0 Å². The fraction of sp³-hybridized carbons (Fsp3) is 0.278. The first kappa shape index (κ1) is 15.0. The third-order valence-electron chi connectivity index (χ3n) is 4.18. The molecule has 0 aliphatic carbocycles. The molecule has 1 atom stereocenters. The second-order valence-corrected chi connectivity index (χ2v) is 6.16. The molecule has 2 aromatic carbocycles.